The van der Waals surface area contributed by atoms with E-state index in [0.717, 1.165) is 18.5 Å². The average Bonchev–Trinajstić information content (AvgIpc) is 2.22. The minimum atomic E-state index is -0.224. The van der Waals surface area contributed by atoms with Gasteiger partial charge in [-0.05, 0) is 42.6 Å². The number of rotatable bonds is 5. The molecule has 0 saturated carbocycles. The molecule has 16 heavy (non-hydrogen) atoms. The van der Waals surface area contributed by atoms with Crippen LogP contribution in [-0.2, 0) is 6.42 Å². The van der Waals surface area contributed by atoms with E-state index < -0.39 is 0 Å². The Morgan fingerprint density at radius 1 is 1.38 bits per heavy atom. The average molecular weight is 244 g/mol. The van der Waals surface area contributed by atoms with Crippen LogP contribution in [0, 0.1) is 11.7 Å². The molecular weight excluding hydrogens is 225 g/mol. The molecule has 0 aliphatic carbocycles. The van der Waals surface area contributed by atoms with Gasteiger partial charge in [-0.3, -0.25) is 0 Å². The van der Waals surface area contributed by atoms with Crippen molar-refractivity contribution in [1.29, 1.82) is 0 Å². The zero-order valence-corrected chi connectivity index (χ0v) is 10.8. The molecule has 0 radical (unpaired) electrons. The number of hydrogen-bond donors (Lipinski definition) is 1. The first-order valence-electron chi connectivity index (χ1n) is 5.72. The van der Waals surface area contributed by atoms with Gasteiger partial charge in [0.2, 0.25) is 0 Å². The third-order valence-corrected chi connectivity index (χ3v) is 3.09. The van der Waals surface area contributed by atoms with Gasteiger partial charge >= 0.3 is 0 Å². The fourth-order valence-corrected chi connectivity index (χ4v) is 1.94. The summed E-state index contributed by atoms with van der Waals surface area (Å²) in [6.07, 6.45) is 0.766. The Kier molecular flexibility index (Phi) is 5.23. The number of likely N-dealkylation sites (N-methyl/N-ethyl adjacent to an activating group) is 1. The Bertz CT molecular complexity index is 339. The molecule has 1 unspecified atom stereocenters. The number of nitrogens with one attached hydrogen (secondary N) is 1. The van der Waals surface area contributed by atoms with Gasteiger partial charge < -0.3 is 5.32 Å². The highest BCUT2D eigenvalue weighted by molar-refractivity contribution is 6.31. The van der Waals surface area contributed by atoms with Gasteiger partial charge in [0, 0.05) is 11.1 Å². The third kappa shape index (κ3) is 3.76. The normalized spacial score (nSPS) is 13.1. The molecule has 0 aliphatic rings. The maximum Gasteiger partial charge on any atom is 0.123 e. The summed E-state index contributed by atoms with van der Waals surface area (Å²) in [4.78, 5) is 0. The number of benzene rings is 1. The summed E-state index contributed by atoms with van der Waals surface area (Å²) in [6, 6.07) is 4.87. The van der Waals surface area contributed by atoms with E-state index in [0.29, 0.717) is 17.0 Å². The molecule has 0 aliphatic heterocycles. The summed E-state index contributed by atoms with van der Waals surface area (Å²) in [6.45, 7) is 7.29. The predicted molar refractivity (Wildman–Crippen MR) is 67.4 cm³/mol. The van der Waals surface area contributed by atoms with Gasteiger partial charge in [-0.2, -0.15) is 0 Å². The van der Waals surface area contributed by atoms with Crippen molar-refractivity contribution in [2.24, 2.45) is 5.92 Å². The predicted octanol–water partition coefficient (Wildman–Crippen LogP) is 3.66. The van der Waals surface area contributed by atoms with Gasteiger partial charge in [0.05, 0.1) is 0 Å². The molecule has 90 valence electrons. The van der Waals surface area contributed by atoms with Crippen LogP contribution in [0.25, 0.3) is 0 Å². The van der Waals surface area contributed by atoms with E-state index >= 15 is 0 Å². The molecule has 0 bridgehead atoms. The van der Waals surface area contributed by atoms with Crippen LogP contribution in [0.15, 0.2) is 18.2 Å². The molecule has 1 N–H and O–H groups in total. The van der Waals surface area contributed by atoms with Crippen LogP contribution in [0.5, 0.6) is 0 Å². The molecule has 1 aromatic carbocycles. The first-order chi connectivity index (χ1) is 7.54. The lowest BCUT2D eigenvalue weighted by Gasteiger charge is -2.22. The van der Waals surface area contributed by atoms with Crippen molar-refractivity contribution < 1.29 is 4.39 Å². The van der Waals surface area contributed by atoms with Gasteiger partial charge in [-0.25, -0.2) is 4.39 Å². The Hall–Kier alpha value is -0.600. The fourth-order valence-electron chi connectivity index (χ4n) is 1.74. The summed E-state index contributed by atoms with van der Waals surface area (Å²) in [5.74, 6) is 0.276. The summed E-state index contributed by atoms with van der Waals surface area (Å²) < 4.78 is 13.1. The summed E-state index contributed by atoms with van der Waals surface area (Å²) in [5.41, 5.74) is 0.876. The fraction of sp³-hybridized carbons (Fsp3) is 0.538. The molecule has 0 saturated heterocycles. The Labute approximate surface area is 102 Å². The second kappa shape index (κ2) is 6.21. The third-order valence-electron chi connectivity index (χ3n) is 2.72. The molecule has 1 atom stereocenters. The molecule has 0 heterocycles. The van der Waals surface area contributed by atoms with E-state index in [4.69, 9.17) is 11.6 Å². The van der Waals surface area contributed by atoms with Crippen molar-refractivity contribution in [3.63, 3.8) is 0 Å². The van der Waals surface area contributed by atoms with E-state index in [1.54, 1.807) is 6.07 Å². The lowest BCUT2D eigenvalue weighted by molar-refractivity contribution is 0.405. The van der Waals surface area contributed by atoms with Crippen LogP contribution in [0.4, 0.5) is 4.39 Å². The Morgan fingerprint density at radius 3 is 2.62 bits per heavy atom. The zero-order valence-electron chi connectivity index (χ0n) is 10.1. The largest absolute Gasteiger partial charge is 0.314 e. The van der Waals surface area contributed by atoms with Crippen LogP contribution < -0.4 is 5.32 Å². The minimum absolute atomic E-state index is 0.224. The van der Waals surface area contributed by atoms with Crippen LogP contribution in [0.2, 0.25) is 5.02 Å². The maximum absolute atomic E-state index is 13.1. The molecule has 0 spiro atoms. The number of hydrogen-bond acceptors (Lipinski definition) is 1. The van der Waals surface area contributed by atoms with E-state index in [1.165, 1.54) is 12.1 Å². The first kappa shape index (κ1) is 13.5. The highest BCUT2D eigenvalue weighted by atomic mass is 35.5. The zero-order chi connectivity index (χ0) is 12.1. The van der Waals surface area contributed by atoms with Gasteiger partial charge in [0.25, 0.3) is 0 Å². The topological polar surface area (TPSA) is 12.0 Å². The van der Waals surface area contributed by atoms with E-state index in [-0.39, 0.29) is 5.82 Å². The van der Waals surface area contributed by atoms with E-state index in [2.05, 4.69) is 26.1 Å². The second-order valence-electron chi connectivity index (χ2n) is 4.35. The summed E-state index contributed by atoms with van der Waals surface area (Å²) in [7, 11) is 0. The molecule has 1 aromatic rings. The van der Waals surface area contributed by atoms with Crippen molar-refractivity contribution in [2.75, 3.05) is 6.54 Å². The summed E-state index contributed by atoms with van der Waals surface area (Å²) >= 11 is 6.05. The van der Waals surface area contributed by atoms with Crippen LogP contribution in [0.3, 0.4) is 0 Å². The van der Waals surface area contributed by atoms with Crippen LogP contribution in [-0.4, -0.2) is 12.6 Å². The molecule has 3 heteroatoms. The molecule has 1 nitrogen and oxygen atoms in total. The molecule has 1 rings (SSSR count). The van der Waals surface area contributed by atoms with Crippen molar-refractivity contribution in [3.8, 4) is 0 Å². The SMILES string of the molecule is CCNC(Cc1cc(F)ccc1Cl)C(C)C. The monoisotopic (exact) mass is 243 g/mol. The number of halogens is 2. The van der Waals surface area contributed by atoms with Gasteiger partial charge in [-0.1, -0.05) is 32.4 Å². The van der Waals surface area contributed by atoms with Crippen LogP contribution >= 0.6 is 11.6 Å². The molecular formula is C13H19ClFN. The highest BCUT2D eigenvalue weighted by Crippen LogP contribution is 2.20. The Balaban J connectivity index is 2.80. The van der Waals surface area contributed by atoms with E-state index in [9.17, 15) is 4.39 Å². The maximum atomic E-state index is 13.1. The molecule has 0 fully saturated rings. The van der Waals surface area contributed by atoms with Crippen molar-refractivity contribution in [2.45, 2.75) is 33.2 Å². The van der Waals surface area contributed by atoms with E-state index in [1.807, 2.05) is 0 Å². The van der Waals surface area contributed by atoms with Crippen molar-refractivity contribution >= 4 is 11.6 Å². The molecule has 0 aromatic heterocycles. The molecule has 0 amide bonds. The highest BCUT2D eigenvalue weighted by Gasteiger charge is 2.14. The van der Waals surface area contributed by atoms with Gasteiger partial charge in [0.1, 0.15) is 5.82 Å². The van der Waals surface area contributed by atoms with Crippen molar-refractivity contribution in [1.82, 2.24) is 5.32 Å². The van der Waals surface area contributed by atoms with Crippen LogP contribution in [0.1, 0.15) is 26.3 Å². The lowest BCUT2D eigenvalue weighted by atomic mass is 9.96. The Morgan fingerprint density at radius 2 is 2.06 bits per heavy atom. The van der Waals surface area contributed by atoms with Crippen molar-refractivity contribution in [3.05, 3.63) is 34.6 Å². The minimum Gasteiger partial charge on any atom is -0.314 e. The van der Waals surface area contributed by atoms with Gasteiger partial charge in [-0.15, -0.1) is 0 Å². The lowest BCUT2D eigenvalue weighted by Crippen LogP contribution is -2.35. The van der Waals surface area contributed by atoms with Gasteiger partial charge in [0.15, 0.2) is 0 Å². The standard InChI is InChI=1S/C13H19ClFN/c1-4-16-13(9(2)3)8-10-7-11(15)5-6-12(10)14/h5-7,9,13,16H,4,8H2,1-3H3. The summed E-state index contributed by atoms with van der Waals surface area (Å²) in [5, 5.41) is 4.04. The quantitative estimate of drug-likeness (QED) is 0.832. The first-order valence-corrected chi connectivity index (χ1v) is 6.09. The second-order valence-corrected chi connectivity index (χ2v) is 4.76. The smallest absolute Gasteiger partial charge is 0.123 e.